The van der Waals surface area contributed by atoms with Crippen LogP contribution in [0, 0.1) is 6.92 Å². The predicted molar refractivity (Wildman–Crippen MR) is 103 cm³/mol. The zero-order valence-corrected chi connectivity index (χ0v) is 15.0. The molecule has 0 saturated heterocycles. The summed E-state index contributed by atoms with van der Waals surface area (Å²) in [6.07, 6.45) is 0. The van der Waals surface area contributed by atoms with Crippen LogP contribution in [0.5, 0.6) is 0 Å². The summed E-state index contributed by atoms with van der Waals surface area (Å²) in [6.45, 7) is 1.76. The Kier molecular flexibility index (Phi) is 4.01. The smallest absolute Gasteiger partial charge is 0.260 e. The molecule has 0 unspecified atom stereocenters. The SMILES string of the molecule is Cc1nn(C)c(Cl)c1C(=O)Nc1ccc(-c2cc3ccccc3o2)cc1. The van der Waals surface area contributed by atoms with Gasteiger partial charge in [0.25, 0.3) is 5.91 Å². The Balaban J connectivity index is 1.57. The highest BCUT2D eigenvalue weighted by Gasteiger charge is 2.19. The van der Waals surface area contributed by atoms with E-state index in [9.17, 15) is 4.79 Å². The molecule has 130 valence electrons. The molecule has 26 heavy (non-hydrogen) atoms. The molecule has 2 aromatic heterocycles. The highest BCUT2D eigenvalue weighted by Crippen LogP contribution is 2.28. The number of amides is 1. The maximum absolute atomic E-state index is 12.5. The fourth-order valence-electron chi connectivity index (χ4n) is 2.92. The second-order valence-corrected chi connectivity index (χ2v) is 6.41. The number of furan rings is 1. The summed E-state index contributed by atoms with van der Waals surface area (Å²) in [5.74, 6) is 0.507. The fourth-order valence-corrected chi connectivity index (χ4v) is 3.18. The maximum atomic E-state index is 12.5. The molecule has 5 nitrogen and oxygen atoms in total. The van der Waals surface area contributed by atoms with Crippen molar-refractivity contribution in [3.63, 3.8) is 0 Å². The summed E-state index contributed by atoms with van der Waals surface area (Å²) >= 11 is 6.15. The van der Waals surface area contributed by atoms with Crippen LogP contribution in [-0.2, 0) is 7.05 Å². The Morgan fingerprint density at radius 1 is 1.15 bits per heavy atom. The number of carbonyl (C=O) groups is 1. The lowest BCUT2D eigenvalue weighted by atomic mass is 10.1. The number of nitrogens with zero attached hydrogens (tertiary/aromatic N) is 2. The number of halogens is 1. The lowest BCUT2D eigenvalue weighted by Gasteiger charge is -2.06. The molecule has 0 aliphatic heterocycles. The highest BCUT2D eigenvalue weighted by atomic mass is 35.5. The van der Waals surface area contributed by atoms with Crippen molar-refractivity contribution in [3.05, 3.63) is 71.0 Å². The number of nitrogens with one attached hydrogen (secondary N) is 1. The number of para-hydroxylation sites is 1. The standard InChI is InChI=1S/C20H16ClN3O2/c1-12-18(19(21)24(2)23-12)20(25)22-15-9-7-13(8-10-15)17-11-14-5-3-4-6-16(14)26-17/h3-11H,1-2H3,(H,22,25). The van der Waals surface area contributed by atoms with Gasteiger partial charge in [-0.05, 0) is 43.3 Å². The van der Waals surface area contributed by atoms with Crippen molar-refractivity contribution in [3.8, 4) is 11.3 Å². The van der Waals surface area contributed by atoms with Crippen LogP contribution < -0.4 is 5.32 Å². The molecule has 1 amide bonds. The van der Waals surface area contributed by atoms with E-state index in [1.807, 2.05) is 54.6 Å². The van der Waals surface area contributed by atoms with E-state index >= 15 is 0 Å². The van der Waals surface area contributed by atoms with Gasteiger partial charge in [-0.15, -0.1) is 0 Å². The van der Waals surface area contributed by atoms with E-state index in [0.717, 1.165) is 22.3 Å². The van der Waals surface area contributed by atoms with Gasteiger partial charge in [-0.2, -0.15) is 5.10 Å². The third-order valence-electron chi connectivity index (χ3n) is 4.23. The van der Waals surface area contributed by atoms with Crippen LogP contribution in [0.2, 0.25) is 5.15 Å². The van der Waals surface area contributed by atoms with Crippen molar-refractivity contribution < 1.29 is 9.21 Å². The molecule has 1 N–H and O–H groups in total. The average Bonchev–Trinajstić information content (AvgIpc) is 3.16. The van der Waals surface area contributed by atoms with Gasteiger partial charge < -0.3 is 9.73 Å². The first kappa shape index (κ1) is 16.4. The molecule has 0 fully saturated rings. The molecule has 0 aliphatic carbocycles. The summed E-state index contributed by atoms with van der Waals surface area (Å²) in [4.78, 5) is 12.5. The molecule has 2 aromatic carbocycles. The van der Waals surface area contributed by atoms with Crippen LogP contribution in [0.15, 0.2) is 59.0 Å². The number of benzene rings is 2. The van der Waals surface area contributed by atoms with E-state index in [4.69, 9.17) is 16.0 Å². The third kappa shape index (κ3) is 2.86. The van der Waals surface area contributed by atoms with Gasteiger partial charge in [-0.25, -0.2) is 0 Å². The van der Waals surface area contributed by atoms with Crippen LogP contribution in [0.3, 0.4) is 0 Å². The minimum atomic E-state index is -0.280. The second-order valence-electron chi connectivity index (χ2n) is 6.05. The topological polar surface area (TPSA) is 60.1 Å². The molecular weight excluding hydrogens is 350 g/mol. The fraction of sp³-hybridized carbons (Fsp3) is 0.100. The molecule has 0 spiro atoms. The normalized spacial score (nSPS) is 11.0. The Hall–Kier alpha value is -3.05. The van der Waals surface area contributed by atoms with E-state index in [2.05, 4.69) is 10.4 Å². The molecule has 4 rings (SSSR count). The van der Waals surface area contributed by atoms with E-state index in [1.165, 1.54) is 4.68 Å². The van der Waals surface area contributed by atoms with Gasteiger partial charge in [0.05, 0.1) is 11.3 Å². The van der Waals surface area contributed by atoms with Crippen LogP contribution in [0.25, 0.3) is 22.3 Å². The minimum absolute atomic E-state index is 0.280. The number of aromatic nitrogens is 2. The molecular formula is C20H16ClN3O2. The summed E-state index contributed by atoms with van der Waals surface area (Å²) in [6, 6.07) is 17.4. The molecule has 0 atom stereocenters. The molecule has 0 bridgehead atoms. The molecule has 2 heterocycles. The zero-order chi connectivity index (χ0) is 18.3. The number of aryl methyl sites for hydroxylation is 2. The molecule has 6 heteroatoms. The lowest BCUT2D eigenvalue weighted by Crippen LogP contribution is -2.13. The van der Waals surface area contributed by atoms with Gasteiger partial charge in [-0.3, -0.25) is 9.48 Å². The highest BCUT2D eigenvalue weighted by molar-refractivity contribution is 6.33. The summed E-state index contributed by atoms with van der Waals surface area (Å²) in [5, 5.41) is 8.39. The van der Waals surface area contributed by atoms with Crippen LogP contribution >= 0.6 is 11.6 Å². The number of carbonyl (C=O) groups excluding carboxylic acids is 1. The minimum Gasteiger partial charge on any atom is -0.456 e. The Bertz CT molecular complexity index is 1080. The summed E-state index contributed by atoms with van der Waals surface area (Å²) < 4.78 is 7.35. The molecule has 4 aromatic rings. The number of anilines is 1. The number of hydrogen-bond acceptors (Lipinski definition) is 3. The van der Waals surface area contributed by atoms with Crippen molar-refractivity contribution in [2.45, 2.75) is 6.92 Å². The quantitative estimate of drug-likeness (QED) is 0.552. The van der Waals surface area contributed by atoms with E-state index in [1.54, 1.807) is 14.0 Å². The van der Waals surface area contributed by atoms with Gasteiger partial charge in [-0.1, -0.05) is 29.8 Å². The number of hydrogen-bond donors (Lipinski definition) is 1. The van der Waals surface area contributed by atoms with Gasteiger partial charge in [0.1, 0.15) is 16.5 Å². The Morgan fingerprint density at radius 2 is 1.88 bits per heavy atom. The first-order chi connectivity index (χ1) is 12.5. The average molecular weight is 366 g/mol. The first-order valence-electron chi connectivity index (χ1n) is 8.12. The maximum Gasteiger partial charge on any atom is 0.260 e. The van der Waals surface area contributed by atoms with Crippen LogP contribution in [0.1, 0.15) is 16.1 Å². The molecule has 0 radical (unpaired) electrons. The second kappa shape index (κ2) is 6.35. The van der Waals surface area contributed by atoms with Gasteiger partial charge in [0.2, 0.25) is 0 Å². The summed E-state index contributed by atoms with van der Waals surface area (Å²) in [5.41, 5.74) is 3.44. The Labute approximate surface area is 155 Å². The van der Waals surface area contributed by atoms with Crippen molar-refractivity contribution in [2.75, 3.05) is 5.32 Å². The van der Waals surface area contributed by atoms with Crippen molar-refractivity contribution in [2.24, 2.45) is 7.05 Å². The van der Waals surface area contributed by atoms with Gasteiger partial charge >= 0.3 is 0 Å². The van der Waals surface area contributed by atoms with Crippen molar-refractivity contribution in [1.29, 1.82) is 0 Å². The van der Waals surface area contributed by atoms with Gasteiger partial charge in [0, 0.05) is 23.7 Å². The number of fused-ring (bicyclic) bond motifs is 1. The van der Waals surface area contributed by atoms with Crippen LogP contribution in [-0.4, -0.2) is 15.7 Å². The van der Waals surface area contributed by atoms with E-state index in [-0.39, 0.29) is 5.91 Å². The van der Waals surface area contributed by atoms with Gasteiger partial charge in [0.15, 0.2) is 0 Å². The largest absolute Gasteiger partial charge is 0.456 e. The predicted octanol–water partition coefficient (Wildman–Crippen LogP) is 5.05. The Morgan fingerprint density at radius 3 is 2.54 bits per heavy atom. The molecule has 0 aliphatic rings. The van der Waals surface area contributed by atoms with E-state index < -0.39 is 0 Å². The van der Waals surface area contributed by atoms with Crippen LogP contribution in [0.4, 0.5) is 5.69 Å². The van der Waals surface area contributed by atoms with Crippen molar-refractivity contribution >= 4 is 34.2 Å². The lowest BCUT2D eigenvalue weighted by molar-refractivity contribution is 0.102. The summed E-state index contributed by atoms with van der Waals surface area (Å²) in [7, 11) is 1.70. The van der Waals surface area contributed by atoms with Crippen molar-refractivity contribution in [1.82, 2.24) is 9.78 Å². The molecule has 0 saturated carbocycles. The van der Waals surface area contributed by atoms with E-state index in [0.29, 0.717) is 22.1 Å². The number of rotatable bonds is 3. The third-order valence-corrected chi connectivity index (χ3v) is 4.67. The monoisotopic (exact) mass is 365 g/mol. The zero-order valence-electron chi connectivity index (χ0n) is 14.3. The first-order valence-corrected chi connectivity index (χ1v) is 8.50.